The topological polar surface area (TPSA) is 29.9 Å². The smallest absolute Gasteiger partial charge is 0.0954 e. The van der Waals surface area contributed by atoms with Crippen molar-refractivity contribution in [2.24, 2.45) is 11.8 Å². The van der Waals surface area contributed by atoms with Gasteiger partial charge in [-0.05, 0) is 63.5 Å². The van der Waals surface area contributed by atoms with Gasteiger partial charge < -0.3 is 9.88 Å². The molecule has 3 nitrogen and oxygen atoms in total. The molecular formula is C16H27N3. The van der Waals surface area contributed by atoms with E-state index in [9.17, 15) is 0 Å². The number of aryl methyl sites for hydroxylation is 1. The molecule has 0 aromatic carbocycles. The number of imidazole rings is 1. The van der Waals surface area contributed by atoms with Crippen molar-refractivity contribution in [1.29, 1.82) is 0 Å². The van der Waals surface area contributed by atoms with E-state index in [0.717, 1.165) is 18.4 Å². The number of nitrogens with one attached hydrogen (secondary N) is 1. The summed E-state index contributed by atoms with van der Waals surface area (Å²) in [4.78, 5) is 4.65. The summed E-state index contributed by atoms with van der Waals surface area (Å²) in [5.41, 5.74) is 2.93. The average Bonchev–Trinajstić information content (AvgIpc) is 2.77. The fraction of sp³-hybridized carbons (Fsp3) is 0.812. The van der Waals surface area contributed by atoms with Crippen LogP contribution in [0.15, 0.2) is 6.33 Å². The summed E-state index contributed by atoms with van der Waals surface area (Å²) < 4.78 is 2.51. The Bertz CT molecular complexity index is 422. The van der Waals surface area contributed by atoms with Crippen LogP contribution in [-0.2, 0) is 12.8 Å². The molecular weight excluding hydrogens is 234 g/mol. The molecule has 2 atom stereocenters. The van der Waals surface area contributed by atoms with Crippen molar-refractivity contribution >= 4 is 0 Å². The standard InChI is InChI=1S/C16H27N3/c1-12(2)9-17-10-13-7-8-15(13)19-11-18-14-5-3-4-6-16(14)19/h11-13,15,17H,3-10H2,1-2H3. The molecule has 0 saturated heterocycles. The fourth-order valence-electron chi connectivity index (χ4n) is 3.49. The van der Waals surface area contributed by atoms with Gasteiger partial charge in [0.15, 0.2) is 0 Å². The quantitative estimate of drug-likeness (QED) is 0.883. The number of hydrogen-bond acceptors (Lipinski definition) is 2. The van der Waals surface area contributed by atoms with Crippen LogP contribution in [0.2, 0.25) is 0 Å². The predicted octanol–water partition coefficient (Wildman–Crippen LogP) is 2.96. The first-order valence-corrected chi connectivity index (χ1v) is 8.01. The Hall–Kier alpha value is -0.830. The lowest BCUT2D eigenvalue weighted by Crippen LogP contribution is -2.38. The zero-order valence-corrected chi connectivity index (χ0v) is 12.4. The lowest BCUT2D eigenvalue weighted by Gasteiger charge is -2.39. The van der Waals surface area contributed by atoms with Crippen LogP contribution in [0.4, 0.5) is 0 Å². The molecule has 3 rings (SSSR count). The van der Waals surface area contributed by atoms with E-state index in [4.69, 9.17) is 0 Å². The molecule has 0 bridgehead atoms. The van der Waals surface area contributed by atoms with Crippen LogP contribution in [0.1, 0.15) is 57.0 Å². The van der Waals surface area contributed by atoms with Gasteiger partial charge in [0, 0.05) is 11.7 Å². The van der Waals surface area contributed by atoms with Crippen LogP contribution in [0.25, 0.3) is 0 Å². The highest BCUT2D eigenvalue weighted by atomic mass is 15.1. The minimum absolute atomic E-state index is 0.717. The Morgan fingerprint density at radius 1 is 1.32 bits per heavy atom. The summed E-state index contributed by atoms with van der Waals surface area (Å²) in [5.74, 6) is 1.57. The molecule has 106 valence electrons. The number of rotatable bonds is 5. The van der Waals surface area contributed by atoms with Crippen molar-refractivity contribution in [1.82, 2.24) is 14.9 Å². The number of nitrogens with zero attached hydrogens (tertiary/aromatic N) is 2. The third-order valence-corrected chi connectivity index (χ3v) is 4.75. The Labute approximate surface area is 116 Å². The van der Waals surface area contributed by atoms with E-state index in [0.29, 0.717) is 6.04 Å². The monoisotopic (exact) mass is 261 g/mol. The van der Waals surface area contributed by atoms with Crippen LogP contribution >= 0.6 is 0 Å². The summed E-state index contributed by atoms with van der Waals surface area (Å²) in [6, 6.07) is 0.717. The van der Waals surface area contributed by atoms with Crippen molar-refractivity contribution in [3.8, 4) is 0 Å². The lowest BCUT2D eigenvalue weighted by atomic mass is 9.79. The molecule has 1 heterocycles. The largest absolute Gasteiger partial charge is 0.331 e. The summed E-state index contributed by atoms with van der Waals surface area (Å²) in [5, 5.41) is 3.63. The van der Waals surface area contributed by atoms with Gasteiger partial charge in [0.05, 0.1) is 12.0 Å². The number of aromatic nitrogens is 2. The fourth-order valence-corrected chi connectivity index (χ4v) is 3.49. The SMILES string of the molecule is CC(C)CNCC1CCC1n1cnc2c1CCCC2. The van der Waals surface area contributed by atoms with Crippen LogP contribution in [-0.4, -0.2) is 22.6 Å². The van der Waals surface area contributed by atoms with E-state index >= 15 is 0 Å². The average molecular weight is 261 g/mol. The summed E-state index contributed by atoms with van der Waals surface area (Å²) in [7, 11) is 0. The molecule has 0 aliphatic heterocycles. The molecule has 1 saturated carbocycles. The highest BCUT2D eigenvalue weighted by Gasteiger charge is 2.33. The maximum atomic E-state index is 4.65. The molecule has 2 unspecified atom stereocenters. The summed E-state index contributed by atoms with van der Waals surface area (Å²) in [6.45, 7) is 6.87. The molecule has 19 heavy (non-hydrogen) atoms. The van der Waals surface area contributed by atoms with Crippen molar-refractivity contribution in [2.75, 3.05) is 13.1 Å². The molecule has 2 aliphatic rings. The van der Waals surface area contributed by atoms with Gasteiger partial charge in [0.1, 0.15) is 0 Å². The first kappa shape index (κ1) is 13.2. The van der Waals surface area contributed by atoms with Gasteiger partial charge in [-0.2, -0.15) is 0 Å². The zero-order valence-electron chi connectivity index (χ0n) is 12.4. The van der Waals surface area contributed by atoms with E-state index < -0.39 is 0 Å². The number of fused-ring (bicyclic) bond motifs is 1. The van der Waals surface area contributed by atoms with Gasteiger partial charge in [-0.25, -0.2) is 4.98 Å². The highest BCUT2D eigenvalue weighted by molar-refractivity contribution is 5.18. The Morgan fingerprint density at radius 3 is 2.89 bits per heavy atom. The Balaban J connectivity index is 1.61. The second kappa shape index (κ2) is 5.66. The van der Waals surface area contributed by atoms with Crippen molar-refractivity contribution < 1.29 is 0 Å². The maximum absolute atomic E-state index is 4.65. The van der Waals surface area contributed by atoms with Gasteiger partial charge in [0.2, 0.25) is 0 Å². The molecule has 0 spiro atoms. The van der Waals surface area contributed by atoms with Crippen molar-refractivity contribution in [2.45, 2.75) is 58.4 Å². The Morgan fingerprint density at radius 2 is 2.16 bits per heavy atom. The predicted molar refractivity (Wildman–Crippen MR) is 78.3 cm³/mol. The van der Waals surface area contributed by atoms with Crippen molar-refractivity contribution in [3.63, 3.8) is 0 Å². The van der Waals surface area contributed by atoms with E-state index in [1.807, 2.05) is 0 Å². The highest BCUT2D eigenvalue weighted by Crippen LogP contribution is 2.40. The summed E-state index contributed by atoms with van der Waals surface area (Å²) >= 11 is 0. The van der Waals surface area contributed by atoms with Gasteiger partial charge >= 0.3 is 0 Å². The van der Waals surface area contributed by atoms with E-state index in [-0.39, 0.29) is 0 Å². The van der Waals surface area contributed by atoms with E-state index in [2.05, 4.69) is 35.0 Å². The van der Waals surface area contributed by atoms with E-state index in [1.165, 1.54) is 50.8 Å². The van der Waals surface area contributed by atoms with Crippen LogP contribution in [0.5, 0.6) is 0 Å². The number of hydrogen-bond donors (Lipinski definition) is 1. The maximum Gasteiger partial charge on any atom is 0.0954 e. The zero-order chi connectivity index (χ0) is 13.2. The van der Waals surface area contributed by atoms with Gasteiger partial charge in [-0.15, -0.1) is 0 Å². The third-order valence-electron chi connectivity index (χ3n) is 4.75. The molecule has 0 radical (unpaired) electrons. The van der Waals surface area contributed by atoms with Gasteiger partial charge in [0.25, 0.3) is 0 Å². The lowest BCUT2D eigenvalue weighted by molar-refractivity contribution is 0.172. The molecule has 1 aromatic heterocycles. The van der Waals surface area contributed by atoms with Gasteiger partial charge in [-0.1, -0.05) is 13.8 Å². The first-order chi connectivity index (χ1) is 9.25. The molecule has 2 aliphatic carbocycles. The molecule has 0 amide bonds. The van der Waals surface area contributed by atoms with Crippen LogP contribution < -0.4 is 5.32 Å². The Kier molecular flexibility index (Phi) is 3.92. The molecule has 3 heteroatoms. The minimum atomic E-state index is 0.717. The molecule has 1 N–H and O–H groups in total. The van der Waals surface area contributed by atoms with Crippen LogP contribution in [0, 0.1) is 11.8 Å². The van der Waals surface area contributed by atoms with E-state index in [1.54, 1.807) is 5.69 Å². The normalized spacial score (nSPS) is 26.3. The summed E-state index contributed by atoms with van der Waals surface area (Å²) in [6.07, 6.45) is 9.97. The minimum Gasteiger partial charge on any atom is -0.331 e. The third kappa shape index (κ3) is 2.71. The van der Waals surface area contributed by atoms with Crippen molar-refractivity contribution in [3.05, 3.63) is 17.7 Å². The first-order valence-electron chi connectivity index (χ1n) is 8.01. The van der Waals surface area contributed by atoms with Crippen LogP contribution in [0.3, 0.4) is 0 Å². The second-order valence-electron chi connectivity index (χ2n) is 6.71. The molecule has 1 fully saturated rings. The molecule has 1 aromatic rings. The second-order valence-corrected chi connectivity index (χ2v) is 6.71. The van der Waals surface area contributed by atoms with Gasteiger partial charge in [-0.3, -0.25) is 0 Å².